The Bertz CT molecular complexity index is 1000. The van der Waals surface area contributed by atoms with Gasteiger partial charge in [-0.05, 0) is 19.1 Å². The van der Waals surface area contributed by atoms with E-state index in [-0.39, 0.29) is 5.75 Å². The van der Waals surface area contributed by atoms with E-state index in [1.165, 1.54) is 4.31 Å². The van der Waals surface area contributed by atoms with Gasteiger partial charge in [-0.2, -0.15) is 4.31 Å². The average Bonchev–Trinajstić information content (AvgIpc) is 3.22. The highest BCUT2D eigenvalue weighted by atomic mass is 32.2. The molecule has 4 rings (SSSR count). The topological polar surface area (TPSA) is 92.7 Å². The minimum atomic E-state index is -3.44. The van der Waals surface area contributed by atoms with Crippen molar-refractivity contribution in [1.29, 1.82) is 0 Å². The van der Waals surface area contributed by atoms with Crippen molar-refractivity contribution >= 4 is 21.0 Å². The number of benzene rings is 1. The molecule has 1 fully saturated rings. The summed E-state index contributed by atoms with van der Waals surface area (Å²) in [4.78, 5) is 2.16. The zero-order chi connectivity index (χ0) is 18.1. The smallest absolute Gasteiger partial charge is 0.220 e. The molecule has 1 aromatic carbocycles. The summed E-state index contributed by atoms with van der Waals surface area (Å²) in [6, 6.07) is 9.19. The molecule has 0 radical (unpaired) electrons. The lowest BCUT2D eigenvalue weighted by atomic mass is 10.2. The fourth-order valence-corrected chi connectivity index (χ4v) is 4.64. The zero-order valence-corrected chi connectivity index (χ0v) is 15.3. The van der Waals surface area contributed by atoms with E-state index in [2.05, 4.69) is 15.2 Å². The Balaban J connectivity index is 1.40. The first-order valence-corrected chi connectivity index (χ1v) is 10.1. The Morgan fingerprint density at radius 3 is 2.58 bits per heavy atom. The minimum absolute atomic E-state index is 0.148. The number of nitrogens with zero attached hydrogens (tertiary/aromatic N) is 4. The molecule has 8 nitrogen and oxygen atoms in total. The van der Waals surface area contributed by atoms with Crippen LogP contribution < -0.4 is 0 Å². The van der Waals surface area contributed by atoms with Gasteiger partial charge < -0.3 is 9.05 Å². The number of para-hydroxylation sites is 1. The number of fused-ring (bicyclic) bond motifs is 1. The lowest BCUT2D eigenvalue weighted by Gasteiger charge is -2.33. The Morgan fingerprint density at radius 2 is 1.85 bits per heavy atom. The van der Waals surface area contributed by atoms with Crippen molar-refractivity contribution < 1.29 is 17.5 Å². The van der Waals surface area contributed by atoms with Crippen molar-refractivity contribution in [2.75, 3.05) is 26.2 Å². The Labute approximate surface area is 151 Å². The average molecular weight is 376 g/mol. The molecule has 0 saturated carbocycles. The predicted octanol–water partition coefficient (Wildman–Crippen LogP) is 1.77. The highest BCUT2D eigenvalue weighted by Gasteiger charge is 2.29. The van der Waals surface area contributed by atoms with Crippen LogP contribution in [0.4, 0.5) is 0 Å². The molecule has 1 aliphatic heterocycles. The van der Waals surface area contributed by atoms with Gasteiger partial charge in [0.05, 0.1) is 12.2 Å². The van der Waals surface area contributed by atoms with Gasteiger partial charge in [0.2, 0.25) is 10.0 Å². The van der Waals surface area contributed by atoms with Crippen LogP contribution in [0, 0.1) is 6.92 Å². The van der Waals surface area contributed by atoms with Gasteiger partial charge in [0.1, 0.15) is 11.4 Å². The normalized spacial score (nSPS) is 17.1. The van der Waals surface area contributed by atoms with E-state index in [0.717, 1.165) is 16.8 Å². The van der Waals surface area contributed by atoms with E-state index in [9.17, 15) is 8.42 Å². The summed E-state index contributed by atoms with van der Waals surface area (Å²) in [5, 5.41) is 8.56. The summed E-state index contributed by atoms with van der Waals surface area (Å²) in [7, 11) is -3.44. The standard InChI is InChI=1S/C17H20N4O4S/c1-13-10-14(24-18-13)11-20-6-8-21(9-7-20)26(22,23)12-16-15-4-2-3-5-17(15)25-19-16/h2-5,10H,6-9,11-12H2,1H3. The molecule has 0 unspecified atom stereocenters. The van der Waals surface area contributed by atoms with Crippen LogP contribution in [0.1, 0.15) is 17.1 Å². The first-order chi connectivity index (χ1) is 12.5. The zero-order valence-electron chi connectivity index (χ0n) is 14.5. The monoisotopic (exact) mass is 376 g/mol. The predicted molar refractivity (Wildman–Crippen MR) is 94.7 cm³/mol. The fraction of sp³-hybridized carbons (Fsp3) is 0.412. The molecule has 1 saturated heterocycles. The van der Waals surface area contributed by atoms with Gasteiger partial charge in [-0.15, -0.1) is 0 Å². The maximum atomic E-state index is 12.8. The third-order valence-electron chi connectivity index (χ3n) is 4.55. The fourth-order valence-electron chi connectivity index (χ4n) is 3.18. The van der Waals surface area contributed by atoms with Crippen molar-refractivity contribution in [3.05, 3.63) is 47.5 Å². The number of hydrogen-bond acceptors (Lipinski definition) is 7. The molecule has 3 aromatic rings. The third-order valence-corrected chi connectivity index (χ3v) is 6.34. The summed E-state index contributed by atoms with van der Waals surface area (Å²) in [5.41, 5.74) is 1.91. The van der Waals surface area contributed by atoms with Crippen LogP contribution in [-0.2, 0) is 22.3 Å². The minimum Gasteiger partial charge on any atom is -0.360 e. The van der Waals surface area contributed by atoms with Gasteiger partial charge in [0, 0.05) is 37.6 Å². The van der Waals surface area contributed by atoms with Crippen molar-refractivity contribution in [3.63, 3.8) is 0 Å². The Kier molecular flexibility index (Phi) is 4.51. The van der Waals surface area contributed by atoms with E-state index in [1.54, 1.807) is 6.07 Å². The second kappa shape index (κ2) is 6.82. The second-order valence-electron chi connectivity index (χ2n) is 6.49. The van der Waals surface area contributed by atoms with Gasteiger partial charge in [0.15, 0.2) is 11.3 Å². The maximum absolute atomic E-state index is 12.8. The molecular weight excluding hydrogens is 356 g/mol. The lowest BCUT2D eigenvalue weighted by Crippen LogP contribution is -2.48. The number of rotatable bonds is 5. The first kappa shape index (κ1) is 17.2. The lowest BCUT2D eigenvalue weighted by molar-refractivity contribution is 0.166. The number of piperazine rings is 1. The number of sulfonamides is 1. The van der Waals surface area contributed by atoms with E-state index in [4.69, 9.17) is 9.05 Å². The third kappa shape index (κ3) is 3.50. The highest BCUT2D eigenvalue weighted by molar-refractivity contribution is 7.88. The van der Waals surface area contributed by atoms with Crippen molar-refractivity contribution in [1.82, 2.24) is 19.5 Å². The molecule has 0 spiro atoms. The van der Waals surface area contributed by atoms with Gasteiger partial charge >= 0.3 is 0 Å². The summed E-state index contributed by atoms with van der Waals surface area (Å²) in [5.74, 6) is 0.651. The van der Waals surface area contributed by atoms with Crippen LogP contribution in [0.3, 0.4) is 0 Å². The van der Waals surface area contributed by atoms with Crippen LogP contribution in [0.2, 0.25) is 0 Å². The van der Waals surface area contributed by atoms with Crippen LogP contribution in [0.5, 0.6) is 0 Å². The molecule has 3 heterocycles. The molecule has 1 aliphatic rings. The Morgan fingerprint density at radius 1 is 1.08 bits per heavy atom. The largest absolute Gasteiger partial charge is 0.360 e. The number of aromatic nitrogens is 2. The summed E-state index contributed by atoms with van der Waals surface area (Å²) >= 11 is 0. The maximum Gasteiger partial charge on any atom is 0.220 e. The van der Waals surface area contributed by atoms with Gasteiger partial charge in [0.25, 0.3) is 0 Å². The van der Waals surface area contributed by atoms with E-state index >= 15 is 0 Å². The second-order valence-corrected chi connectivity index (χ2v) is 8.46. The highest BCUT2D eigenvalue weighted by Crippen LogP contribution is 2.22. The van der Waals surface area contributed by atoms with Crippen molar-refractivity contribution in [2.45, 2.75) is 19.2 Å². The van der Waals surface area contributed by atoms with Crippen molar-refractivity contribution in [3.8, 4) is 0 Å². The number of aryl methyl sites for hydroxylation is 1. The van der Waals surface area contributed by atoms with E-state index in [1.807, 2.05) is 31.2 Å². The summed E-state index contributed by atoms with van der Waals surface area (Å²) in [6.07, 6.45) is 0. The van der Waals surface area contributed by atoms with Gasteiger partial charge in [-0.1, -0.05) is 22.4 Å². The quantitative estimate of drug-likeness (QED) is 0.670. The molecule has 0 N–H and O–H groups in total. The molecule has 26 heavy (non-hydrogen) atoms. The molecule has 0 aliphatic carbocycles. The molecule has 9 heteroatoms. The number of hydrogen-bond donors (Lipinski definition) is 0. The van der Waals surface area contributed by atoms with Gasteiger partial charge in [-0.3, -0.25) is 4.90 Å². The summed E-state index contributed by atoms with van der Waals surface area (Å²) < 4.78 is 37.5. The Hall–Kier alpha value is -2.23. The molecular formula is C17H20N4O4S. The van der Waals surface area contributed by atoms with Gasteiger partial charge in [-0.25, -0.2) is 8.42 Å². The summed E-state index contributed by atoms with van der Waals surface area (Å²) in [6.45, 7) is 4.72. The molecule has 0 amide bonds. The molecule has 2 aromatic heterocycles. The van der Waals surface area contributed by atoms with E-state index in [0.29, 0.717) is 44.0 Å². The van der Waals surface area contributed by atoms with Crippen molar-refractivity contribution in [2.24, 2.45) is 0 Å². The van der Waals surface area contributed by atoms with Crippen LogP contribution >= 0.6 is 0 Å². The first-order valence-electron chi connectivity index (χ1n) is 8.47. The van der Waals surface area contributed by atoms with Crippen LogP contribution in [0.15, 0.2) is 39.4 Å². The van der Waals surface area contributed by atoms with E-state index < -0.39 is 10.0 Å². The van der Waals surface area contributed by atoms with Crippen LogP contribution in [-0.4, -0.2) is 54.1 Å². The molecule has 0 atom stereocenters. The van der Waals surface area contributed by atoms with Crippen LogP contribution in [0.25, 0.3) is 11.0 Å². The molecule has 0 bridgehead atoms. The SMILES string of the molecule is Cc1cc(CN2CCN(S(=O)(=O)Cc3noc4ccccc34)CC2)on1. The molecule has 138 valence electrons.